The number of ketones is 1. The van der Waals surface area contributed by atoms with Gasteiger partial charge in [-0.1, -0.05) is 38.1 Å². The van der Waals surface area contributed by atoms with Crippen LogP contribution in [-0.2, 0) is 65.7 Å². The highest BCUT2D eigenvalue weighted by molar-refractivity contribution is 5.95. The van der Waals surface area contributed by atoms with Crippen LogP contribution in [-0.4, -0.2) is 77.9 Å². The summed E-state index contributed by atoms with van der Waals surface area (Å²) in [4.78, 5) is 70.9. The van der Waals surface area contributed by atoms with E-state index in [2.05, 4.69) is 0 Å². The number of rotatable bonds is 25. The second-order valence-corrected chi connectivity index (χ2v) is 12.3. The largest absolute Gasteiger partial charge is 0.463 e. The third kappa shape index (κ3) is 23.9. The molecule has 0 heterocycles. The SMILES string of the molecule is CC(O)CCC(=O)/C=C/C(=O)OCCC(C)CCC(=O)OCc1ccc(COC(=O)CCC(C)CCOC(=O)/C=C/C(=O)OCC(C)O)cc1. The molecular formula is C37H52O13. The first-order chi connectivity index (χ1) is 23.7. The van der Waals surface area contributed by atoms with Gasteiger partial charge in [0.1, 0.15) is 19.8 Å². The molecule has 13 nitrogen and oxygen atoms in total. The number of allylic oxidation sites excluding steroid dienone is 1. The minimum absolute atomic E-state index is 0.0880. The normalized spacial score (nSPS) is 13.6. The zero-order valence-corrected chi connectivity index (χ0v) is 29.5. The van der Waals surface area contributed by atoms with Crippen LogP contribution in [0.2, 0.25) is 0 Å². The molecule has 278 valence electrons. The van der Waals surface area contributed by atoms with E-state index in [9.17, 15) is 33.9 Å². The van der Waals surface area contributed by atoms with Gasteiger partial charge in [0.15, 0.2) is 5.78 Å². The van der Waals surface area contributed by atoms with E-state index in [1.165, 1.54) is 6.92 Å². The van der Waals surface area contributed by atoms with Crippen molar-refractivity contribution in [3.63, 3.8) is 0 Å². The zero-order valence-electron chi connectivity index (χ0n) is 29.5. The summed E-state index contributed by atoms with van der Waals surface area (Å²) >= 11 is 0. The van der Waals surface area contributed by atoms with Crippen LogP contribution in [0, 0.1) is 11.8 Å². The number of benzene rings is 1. The lowest BCUT2D eigenvalue weighted by Gasteiger charge is -2.12. The molecule has 0 aliphatic heterocycles. The number of esters is 5. The van der Waals surface area contributed by atoms with Crippen LogP contribution >= 0.6 is 0 Å². The molecular weight excluding hydrogens is 652 g/mol. The van der Waals surface area contributed by atoms with Crippen LogP contribution in [0.15, 0.2) is 48.6 Å². The molecule has 0 saturated carbocycles. The topological polar surface area (TPSA) is 189 Å². The Labute approximate surface area is 293 Å². The first kappa shape index (κ1) is 43.7. The fourth-order valence-electron chi connectivity index (χ4n) is 4.02. The van der Waals surface area contributed by atoms with Gasteiger partial charge in [-0.05, 0) is 75.0 Å². The van der Waals surface area contributed by atoms with Gasteiger partial charge < -0.3 is 33.9 Å². The molecule has 0 fully saturated rings. The second-order valence-electron chi connectivity index (χ2n) is 12.3. The van der Waals surface area contributed by atoms with E-state index in [4.69, 9.17) is 28.8 Å². The molecule has 0 saturated heterocycles. The molecule has 0 radical (unpaired) electrons. The minimum atomic E-state index is -0.799. The predicted octanol–water partition coefficient (Wildman–Crippen LogP) is 4.24. The van der Waals surface area contributed by atoms with Gasteiger partial charge in [0.25, 0.3) is 0 Å². The van der Waals surface area contributed by atoms with E-state index >= 15 is 0 Å². The second kappa shape index (κ2) is 25.6. The van der Waals surface area contributed by atoms with E-state index in [0.717, 1.165) is 35.4 Å². The van der Waals surface area contributed by atoms with Crippen molar-refractivity contribution in [3.05, 3.63) is 59.7 Å². The maximum Gasteiger partial charge on any atom is 0.331 e. The lowest BCUT2D eigenvalue weighted by Crippen LogP contribution is -2.14. The van der Waals surface area contributed by atoms with Gasteiger partial charge in [-0.25, -0.2) is 14.4 Å². The number of carbonyl (C=O) groups is 6. The molecule has 13 heteroatoms. The van der Waals surface area contributed by atoms with Gasteiger partial charge in [-0.15, -0.1) is 0 Å². The lowest BCUT2D eigenvalue weighted by molar-refractivity contribution is -0.146. The molecule has 1 rings (SSSR count). The van der Waals surface area contributed by atoms with Crippen molar-refractivity contribution in [2.75, 3.05) is 19.8 Å². The van der Waals surface area contributed by atoms with Crippen LogP contribution in [0.5, 0.6) is 0 Å². The summed E-state index contributed by atoms with van der Waals surface area (Å²) in [6, 6.07) is 7.16. The molecule has 0 aromatic heterocycles. The first-order valence-corrected chi connectivity index (χ1v) is 16.9. The van der Waals surface area contributed by atoms with Gasteiger partial charge >= 0.3 is 29.8 Å². The smallest absolute Gasteiger partial charge is 0.331 e. The van der Waals surface area contributed by atoms with Crippen molar-refractivity contribution in [1.82, 2.24) is 0 Å². The van der Waals surface area contributed by atoms with Gasteiger partial charge in [-0.2, -0.15) is 0 Å². The molecule has 50 heavy (non-hydrogen) atoms. The average molecular weight is 705 g/mol. The van der Waals surface area contributed by atoms with Crippen LogP contribution in [0.25, 0.3) is 0 Å². The first-order valence-electron chi connectivity index (χ1n) is 16.9. The monoisotopic (exact) mass is 704 g/mol. The Bertz CT molecular complexity index is 1170. The Morgan fingerprint density at radius 1 is 0.540 bits per heavy atom. The third-order valence-corrected chi connectivity index (χ3v) is 7.25. The molecule has 4 unspecified atom stereocenters. The summed E-state index contributed by atoms with van der Waals surface area (Å²) in [5, 5.41) is 18.3. The summed E-state index contributed by atoms with van der Waals surface area (Å²) in [6.07, 6.45) is 5.83. The highest BCUT2D eigenvalue weighted by Crippen LogP contribution is 2.14. The Kier molecular flexibility index (Phi) is 22.3. The molecule has 0 aliphatic rings. The summed E-state index contributed by atoms with van der Waals surface area (Å²) in [5.41, 5.74) is 1.57. The number of hydrogen-bond donors (Lipinski definition) is 2. The fourth-order valence-corrected chi connectivity index (χ4v) is 4.02. The Balaban J connectivity index is 2.19. The van der Waals surface area contributed by atoms with Crippen LogP contribution in [0.1, 0.15) is 90.2 Å². The number of carbonyl (C=O) groups excluding carboxylic acids is 6. The maximum absolute atomic E-state index is 12.2. The summed E-state index contributed by atoms with van der Waals surface area (Å²) in [5.74, 6) is -2.83. The van der Waals surface area contributed by atoms with Gasteiger partial charge in [-0.3, -0.25) is 14.4 Å². The third-order valence-electron chi connectivity index (χ3n) is 7.25. The number of aliphatic hydroxyl groups is 2. The van der Waals surface area contributed by atoms with E-state index in [0.29, 0.717) is 32.1 Å². The lowest BCUT2D eigenvalue weighted by atomic mass is 10.0. The Morgan fingerprint density at radius 3 is 1.38 bits per heavy atom. The van der Waals surface area contributed by atoms with Crippen molar-refractivity contribution in [2.24, 2.45) is 11.8 Å². The Morgan fingerprint density at radius 2 is 0.960 bits per heavy atom. The zero-order chi connectivity index (χ0) is 37.3. The standard InChI is InChI=1S/C37H52O13/c1-26(19-21-46-33(41)16-13-32(40)12-7-28(3)38)5-14-35(43)49-24-30-8-10-31(11-9-30)25-50-36(44)15-6-27(2)20-22-47-34(42)17-18-37(45)48-23-29(4)39/h8-11,13,16-18,26-29,38-39H,5-7,12,14-15,19-25H2,1-4H3/b16-13+,18-17+. The number of aliphatic hydroxyl groups excluding tert-OH is 2. The highest BCUT2D eigenvalue weighted by atomic mass is 16.6. The van der Waals surface area contributed by atoms with Crippen LogP contribution < -0.4 is 0 Å². The molecule has 1 aromatic carbocycles. The van der Waals surface area contributed by atoms with Gasteiger partial charge in [0.2, 0.25) is 0 Å². The molecule has 0 bridgehead atoms. The predicted molar refractivity (Wildman–Crippen MR) is 181 cm³/mol. The highest BCUT2D eigenvalue weighted by Gasteiger charge is 2.12. The maximum atomic E-state index is 12.2. The van der Waals surface area contributed by atoms with Crippen molar-refractivity contribution >= 4 is 35.6 Å². The van der Waals surface area contributed by atoms with E-state index in [1.807, 2.05) is 13.8 Å². The summed E-state index contributed by atoms with van der Waals surface area (Å²) < 4.78 is 25.6. The number of hydrogen-bond acceptors (Lipinski definition) is 13. The van der Waals surface area contributed by atoms with Crippen molar-refractivity contribution < 1.29 is 62.7 Å². The molecule has 1 aromatic rings. The van der Waals surface area contributed by atoms with Crippen molar-refractivity contribution in [1.29, 1.82) is 0 Å². The van der Waals surface area contributed by atoms with E-state index in [-0.39, 0.29) is 81.9 Å². The fraction of sp³-hybridized carbons (Fsp3) is 0.568. The Hall–Kier alpha value is -4.36. The molecule has 0 spiro atoms. The van der Waals surface area contributed by atoms with Crippen LogP contribution in [0.4, 0.5) is 0 Å². The van der Waals surface area contributed by atoms with Crippen molar-refractivity contribution in [2.45, 2.75) is 104 Å². The van der Waals surface area contributed by atoms with Crippen LogP contribution in [0.3, 0.4) is 0 Å². The molecule has 2 N–H and O–H groups in total. The van der Waals surface area contributed by atoms with Gasteiger partial charge in [0.05, 0.1) is 25.4 Å². The molecule has 4 atom stereocenters. The van der Waals surface area contributed by atoms with Gasteiger partial charge in [0, 0.05) is 37.5 Å². The summed E-state index contributed by atoms with van der Waals surface area (Å²) in [7, 11) is 0. The average Bonchev–Trinajstić information content (AvgIpc) is 3.08. The summed E-state index contributed by atoms with van der Waals surface area (Å²) in [6.45, 7) is 7.24. The van der Waals surface area contributed by atoms with Crippen molar-refractivity contribution in [3.8, 4) is 0 Å². The quantitative estimate of drug-likeness (QED) is 0.0836. The molecule has 0 amide bonds. The van der Waals surface area contributed by atoms with E-state index in [1.54, 1.807) is 31.2 Å². The van der Waals surface area contributed by atoms with E-state index < -0.39 is 30.1 Å². The number of ether oxygens (including phenoxy) is 5. The minimum Gasteiger partial charge on any atom is -0.463 e. The molecule has 0 aliphatic carbocycles.